The molecule has 0 fully saturated rings. The van der Waals surface area contributed by atoms with Gasteiger partial charge in [0, 0.05) is 47.1 Å². The molecule has 0 saturated heterocycles. The van der Waals surface area contributed by atoms with Crippen molar-refractivity contribution in [1.82, 2.24) is 14.8 Å². The Labute approximate surface area is 169 Å². The zero-order valence-corrected chi connectivity index (χ0v) is 15.9. The number of carboxylic acid groups (broad SMARTS) is 2. The van der Waals surface area contributed by atoms with Gasteiger partial charge in [-0.15, -0.1) is 0 Å². The number of benzene rings is 1. The Bertz CT molecular complexity index is 1020. The average molecular weight is 423 g/mol. The molecule has 0 aliphatic rings. The molecule has 2 heterocycles. The van der Waals surface area contributed by atoms with Crippen molar-refractivity contribution in [3.05, 3.63) is 58.9 Å². The second-order valence-electron chi connectivity index (χ2n) is 5.39. The normalized spacial score (nSPS) is 10.7. The standard InChI is InChI=1S/C14H12Cl2N4.C4H4O4/c15-9-1-2-10(12(16)7-9)14-11-8-18-5-3-13(11)20(19-14)6-4-17;5-3(6)1-2-4(7)8/h1-3,5,7-8H,4,6,17H2;1-2H,(H,5,6)(H,7,8)/b;2-1+. The van der Waals surface area contributed by atoms with Crippen molar-refractivity contribution in [1.29, 1.82) is 0 Å². The minimum atomic E-state index is -1.26. The molecule has 0 unspecified atom stereocenters. The SMILES string of the molecule is NCCn1nc(-c2ccc(Cl)cc2Cl)c2cnccc21.O=C(O)/C=C/C(=O)O. The lowest BCUT2D eigenvalue weighted by Crippen LogP contribution is -2.10. The highest BCUT2D eigenvalue weighted by molar-refractivity contribution is 6.36. The van der Waals surface area contributed by atoms with Gasteiger partial charge in [-0.1, -0.05) is 23.2 Å². The minimum absolute atomic E-state index is 0.521. The van der Waals surface area contributed by atoms with Crippen LogP contribution < -0.4 is 5.73 Å². The van der Waals surface area contributed by atoms with Crippen LogP contribution in [0, 0.1) is 0 Å². The first-order valence-corrected chi connectivity index (χ1v) is 8.69. The monoisotopic (exact) mass is 422 g/mol. The van der Waals surface area contributed by atoms with Crippen LogP contribution in [0.5, 0.6) is 0 Å². The number of rotatable bonds is 5. The molecule has 10 heteroatoms. The summed E-state index contributed by atoms with van der Waals surface area (Å²) < 4.78 is 1.87. The van der Waals surface area contributed by atoms with Crippen molar-refractivity contribution in [2.24, 2.45) is 5.73 Å². The van der Waals surface area contributed by atoms with E-state index in [1.165, 1.54) is 0 Å². The fourth-order valence-corrected chi connectivity index (χ4v) is 2.84. The van der Waals surface area contributed by atoms with Crippen LogP contribution in [0.2, 0.25) is 10.0 Å². The van der Waals surface area contributed by atoms with Gasteiger partial charge in [0.15, 0.2) is 0 Å². The van der Waals surface area contributed by atoms with Crippen LogP contribution in [0.25, 0.3) is 22.2 Å². The van der Waals surface area contributed by atoms with Gasteiger partial charge in [0.2, 0.25) is 0 Å². The summed E-state index contributed by atoms with van der Waals surface area (Å²) >= 11 is 12.2. The molecule has 28 heavy (non-hydrogen) atoms. The summed E-state index contributed by atoms with van der Waals surface area (Å²) in [6.07, 6.45) is 4.64. The molecular formula is C18H16Cl2N4O4. The topological polar surface area (TPSA) is 131 Å². The molecule has 0 aliphatic carbocycles. The van der Waals surface area contributed by atoms with E-state index < -0.39 is 11.9 Å². The summed E-state index contributed by atoms with van der Waals surface area (Å²) in [5, 5.41) is 22.4. The lowest BCUT2D eigenvalue weighted by Gasteiger charge is -2.02. The Morgan fingerprint density at radius 1 is 1.14 bits per heavy atom. The third-order valence-corrected chi connectivity index (χ3v) is 4.00. The molecular weight excluding hydrogens is 407 g/mol. The number of halogens is 2. The van der Waals surface area contributed by atoms with Crippen molar-refractivity contribution in [3.8, 4) is 11.3 Å². The van der Waals surface area contributed by atoms with Gasteiger partial charge in [-0.3, -0.25) is 9.67 Å². The molecule has 8 nitrogen and oxygen atoms in total. The van der Waals surface area contributed by atoms with Crippen LogP contribution >= 0.6 is 23.2 Å². The second-order valence-corrected chi connectivity index (χ2v) is 6.23. The van der Waals surface area contributed by atoms with E-state index in [2.05, 4.69) is 10.1 Å². The van der Waals surface area contributed by atoms with Gasteiger partial charge in [-0.2, -0.15) is 5.10 Å². The Morgan fingerprint density at radius 3 is 2.39 bits per heavy atom. The van der Waals surface area contributed by atoms with Gasteiger partial charge in [0.25, 0.3) is 0 Å². The summed E-state index contributed by atoms with van der Waals surface area (Å²) in [4.78, 5) is 23.3. The molecule has 0 amide bonds. The summed E-state index contributed by atoms with van der Waals surface area (Å²) in [6, 6.07) is 7.30. The quantitative estimate of drug-likeness (QED) is 0.538. The van der Waals surface area contributed by atoms with Gasteiger partial charge in [-0.25, -0.2) is 9.59 Å². The number of pyridine rings is 1. The second kappa shape index (κ2) is 9.84. The number of carboxylic acids is 2. The maximum Gasteiger partial charge on any atom is 0.328 e. The molecule has 0 bridgehead atoms. The summed E-state index contributed by atoms with van der Waals surface area (Å²) in [6.45, 7) is 1.17. The molecule has 1 aromatic carbocycles. The van der Waals surface area contributed by atoms with Crippen LogP contribution in [0.4, 0.5) is 0 Å². The van der Waals surface area contributed by atoms with E-state index in [0.717, 1.165) is 22.2 Å². The Hall–Kier alpha value is -2.94. The summed E-state index contributed by atoms with van der Waals surface area (Å²) in [5.74, 6) is -2.51. The molecule has 2 aromatic heterocycles. The third-order valence-electron chi connectivity index (χ3n) is 3.45. The molecule has 0 radical (unpaired) electrons. The molecule has 0 saturated carbocycles. The lowest BCUT2D eigenvalue weighted by molar-refractivity contribution is -0.134. The van der Waals surface area contributed by atoms with Crippen LogP contribution in [-0.4, -0.2) is 43.5 Å². The summed E-state index contributed by atoms with van der Waals surface area (Å²) in [5.41, 5.74) is 8.25. The number of aromatic nitrogens is 3. The number of fused-ring (bicyclic) bond motifs is 1. The number of nitrogens with two attached hydrogens (primary N) is 1. The van der Waals surface area contributed by atoms with Crippen molar-refractivity contribution in [3.63, 3.8) is 0 Å². The van der Waals surface area contributed by atoms with E-state index in [1.807, 2.05) is 16.8 Å². The molecule has 146 valence electrons. The van der Waals surface area contributed by atoms with E-state index >= 15 is 0 Å². The number of hydrogen-bond donors (Lipinski definition) is 3. The lowest BCUT2D eigenvalue weighted by atomic mass is 10.1. The van der Waals surface area contributed by atoms with Crippen LogP contribution in [0.3, 0.4) is 0 Å². The number of carbonyl (C=O) groups is 2. The maximum absolute atomic E-state index is 9.55. The molecule has 0 atom stereocenters. The van der Waals surface area contributed by atoms with Crippen molar-refractivity contribution in [2.75, 3.05) is 6.54 Å². The van der Waals surface area contributed by atoms with E-state index in [0.29, 0.717) is 35.3 Å². The first-order valence-electron chi connectivity index (χ1n) is 7.93. The molecule has 0 aliphatic heterocycles. The molecule has 0 spiro atoms. The van der Waals surface area contributed by atoms with Gasteiger partial charge in [0.1, 0.15) is 5.69 Å². The maximum atomic E-state index is 9.55. The largest absolute Gasteiger partial charge is 0.478 e. The number of aliphatic carboxylic acids is 2. The van der Waals surface area contributed by atoms with E-state index in [9.17, 15) is 9.59 Å². The number of hydrogen-bond acceptors (Lipinski definition) is 5. The minimum Gasteiger partial charge on any atom is -0.478 e. The van der Waals surface area contributed by atoms with Crippen LogP contribution in [0.1, 0.15) is 0 Å². The van der Waals surface area contributed by atoms with E-state index in [1.54, 1.807) is 24.5 Å². The van der Waals surface area contributed by atoms with Gasteiger partial charge >= 0.3 is 11.9 Å². The Morgan fingerprint density at radius 2 is 1.82 bits per heavy atom. The van der Waals surface area contributed by atoms with Gasteiger partial charge < -0.3 is 15.9 Å². The molecule has 3 aromatic rings. The zero-order chi connectivity index (χ0) is 20.7. The first-order chi connectivity index (χ1) is 13.3. The highest BCUT2D eigenvalue weighted by Gasteiger charge is 2.14. The van der Waals surface area contributed by atoms with Gasteiger partial charge in [0.05, 0.1) is 17.1 Å². The third kappa shape index (κ3) is 5.53. The van der Waals surface area contributed by atoms with Crippen molar-refractivity contribution < 1.29 is 19.8 Å². The highest BCUT2D eigenvalue weighted by atomic mass is 35.5. The predicted molar refractivity (Wildman–Crippen MR) is 106 cm³/mol. The number of nitrogens with zero attached hydrogens (tertiary/aromatic N) is 3. The fourth-order valence-electron chi connectivity index (χ4n) is 2.34. The molecule has 3 rings (SSSR count). The van der Waals surface area contributed by atoms with Crippen LogP contribution in [-0.2, 0) is 16.1 Å². The van der Waals surface area contributed by atoms with Crippen molar-refractivity contribution >= 4 is 46.0 Å². The first kappa shape index (κ1) is 21.4. The molecule has 4 N–H and O–H groups in total. The zero-order valence-electron chi connectivity index (χ0n) is 14.4. The van der Waals surface area contributed by atoms with Crippen molar-refractivity contribution in [2.45, 2.75) is 6.54 Å². The Kier molecular flexibility index (Phi) is 7.51. The summed E-state index contributed by atoms with van der Waals surface area (Å²) in [7, 11) is 0. The average Bonchev–Trinajstić information content (AvgIpc) is 3.00. The van der Waals surface area contributed by atoms with E-state index in [-0.39, 0.29) is 0 Å². The smallest absolute Gasteiger partial charge is 0.328 e. The highest BCUT2D eigenvalue weighted by Crippen LogP contribution is 2.33. The van der Waals surface area contributed by atoms with Crippen LogP contribution in [0.15, 0.2) is 48.8 Å². The van der Waals surface area contributed by atoms with Gasteiger partial charge in [-0.05, 0) is 24.3 Å². The Balaban J connectivity index is 0.000000300. The van der Waals surface area contributed by atoms with E-state index in [4.69, 9.17) is 39.1 Å². The fraction of sp³-hybridized carbons (Fsp3) is 0.111. The predicted octanol–water partition coefficient (Wildman–Crippen LogP) is 3.08.